The first-order valence-electron chi connectivity index (χ1n) is 8.88. The van der Waals surface area contributed by atoms with Crippen molar-refractivity contribution in [1.82, 2.24) is 9.55 Å². The lowest BCUT2D eigenvalue weighted by Gasteiger charge is -2.20. The molecule has 0 saturated carbocycles. The first-order valence-corrected chi connectivity index (χ1v) is 10.3. The summed E-state index contributed by atoms with van der Waals surface area (Å²) in [7, 11) is -3.77. The molecule has 0 aliphatic carbocycles. The van der Waals surface area contributed by atoms with Crippen molar-refractivity contribution in [3.63, 3.8) is 0 Å². The van der Waals surface area contributed by atoms with Crippen molar-refractivity contribution < 1.29 is 22.9 Å². The van der Waals surface area contributed by atoms with Gasteiger partial charge < -0.3 is 10.5 Å². The van der Waals surface area contributed by atoms with Crippen molar-refractivity contribution in [2.75, 3.05) is 25.6 Å². The monoisotopic (exact) mass is 400 g/mol. The maximum Gasteiger partial charge on any atom is 0.474 e. The summed E-state index contributed by atoms with van der Waals surface area (Å²) in [4.78, 5) is 15.6. The highest BCUT2D eigenvalue weighted by Gasteiger charge is 2.32. The highest BCUT2D eigenvalue weighted by atomic mass is 31.2. The molecule has 11 heteroatoms. The number of phosphoric ester groups is 1. The Bertz CT molecular complexity index is 749. The summed E-state index contributed by atoms with van der Waals surface area (Å²) in [6.07, 6.45) is 3.52. The van der Waals surface area contributed by atoms with E-state index in [0.717, 1.165) is 6.42 Å². The number of anilines is 1. The van der Waals surface area contributed by atoms with E-state index in [-0.39, 0.29) is 38.2 Å². The zero-order valence-electron chi connectivity index (χ0n) is 15.3. The van der Waals surface area contributed by atoms with Crippen molar-refractivity contribution in [2.24, 2.45) is 0 Å². The smallest absolute Gasteiger partial charge is 0.383 e. The third kappa shape index (κ3) is 6.72. The predicted molar refractivity (Wildman–Crippen MR) is 96.7 cm³/mol. The molecular formula is C16H25N4O6P. The zero-order chi connectivity index (χ0) is 19.7. The van der Waals surface area contributed by atoms with Gasteiger partial charge in [0.1, 0.15) is 12.0 Å². The Kier molecular flexibility index (Phi) is 8.41. The Morgan fingerprint density at radius 3 is 2.89 bits per heavy atom. The lowest BCUT2D eigenvalue weighted by atomic mass is 10.2. The normalized spacial score (nSPS) is 21.6. The average Bonchev–Trinajstić information content (AvgIpc) is 3.09. The van der Waals surface area contributed by atoms with Gasteiger partial charge in [-0.25, -0.2) is 9.36 Å². The molecule has 1 aromatic heterocycles. The number of ether oxygens (including phenoxy) is 1. The molecule has 1 aliphatic heterocycles. The van der Waals surface area contributed by atoms with Gasteiger partial charge in [-0.05, 0) is 25.3 Å². The molecule has 2 heterocycles. The largest absolute Gasteiger partial charge is 0.474 e. The van der Waals surface area contributed by atoms with Gasteiger partial charge in [-0.2, -0.15) is 10.2 Å². The standard InChI is InChI=1S/C16H25N4O6P/c1-2-3-10-23-27(22,24-11-4-8-17)25-12-13-5-6-15(26-13)20-9-7-14(18)19-16(20)21/h7,9,13,15H,2-6,10-12H2,1H3,(H2,18,19,21)/t13-,15+,27?/m0/s1. The third-order valence-electron chi connectivity index (χ3n) is 3.88. The van der Waals surface area contributed by atoms with Crippen LogP contribution in [0.1, 0.15) is 45.3 Å². The Morgan fingerprint density at radius 2 is 2.19 bits per heavy atom. The second kappa shape index (κ2) is 10.5. The molecule has 0 spiro atoms. The summed E-state index contributed by atoms with van der Waals surface area (Å²) in [6.45, 7) is 2.16. The second-order valence-electron chi connectivity index (χ2n) is 6.00. The van der Waals surface area contributed by atoms with Crippen LogP contribution in [0.4, 0.5) is 5.82 Å². The first kappa shape index (κ1) is 21.5. The van der Waals surface area contributed by atoms with Crippen LogP contribution in [0.2, 0.25) is 0 Å². The van der Waals surface area contributed by atoms with E-state index in [1.807, 2.05) is 13.0 Å². The van der Waals surface area contributed by atoms with Gasteiger partial charge in [0.05, 0.1) is 38.4 Å². The molecule has 0 radical (unpaired) electrons. The number of nitrogens with zero attached hydrogens (tertiary/aromatic N) is 3. The minimum absolute atomic E-state index is 0.0103. The Balaban J connectivity index is 1.90. The second-order valence-corrected chi connectivity index (χ2v) is 7.67. The molecular weight excluding hydrogens is 375 g/mol. The number of hydrogen-bond donors (Lipinski definition) is 1. The quantitative estimate of drug-likeness (QED) is 0.438. The Labute approximate surface area is 157 Å². The number of hydrogen-bond acceptors (Lipinski definition) is 9. The molecule has 1 aromatic rings. The molecule has 2 rings (SSSR count). The van der Waals surface area contributed by atoms with Gasteiger partial charge in [0.2, 0.25) is 0 Å². The van der Waals surface area contributed by atoms with Crippen LogP contribution in [-0.4, -0.2) is 35.5 Å². The molecule has 1 aliphatic rings. The van der Waals surface area contributed by atoms with Gasteiger partial charge in [0.15, 0.2) is 0 Å². The van der Waals surface area contributed by atoms with Crippen LogP contribution in [0.15, 0.2) is 17.1 Å². The van der Waals surface area contributed by atoms with E-state index in [1.54, 1.807) is 0 Å². The van der Waals surface area contributed by atoms with Crippen LogP contribution in [0.3, 0.4) is 0 Å². The predicted octanol–water partition coefficient (Wildman–Crippen LogP) is 2.37. The van der Waals surface area contributed by atoms with Gasteiger partial charge in [-0.15, -0.1) is 0 Å². The van der Waals surface area contributed by atoms with Crippen molar-refractivity contribution in [2.45, 2.75) is 51.4 Å². The third-order valence-corrected chi connectivity index (χ3v) is 5.34. The number of aromatic nitrogens is 2. The van der Waals surface area contributed by atoms with E-state index in [2.05, 4.69) is 4.98 Å². The number of phosphoric acid groups is 1. The molecule has 2 N–H and O–H groups in total. The molecule has 0 aromatic carbocycles. The lowest BCUT2D eigenvalue weighted by Crippen LogP contribution is -2.27. The number of unbranched alkanes of at least 4 members (excludes halogenated alkanes) is 1. The summed E-state index contributed by atoms with van der Waals surface area (Å²) < 4.78 is 35.7. The van der Waals surface area contributed by atoms with Crippen molar-refractivity contribution in [3.8, 4) is 6.07 Å². The molecule has 27 heavy (non-hydrogen) atoms. The summed E-state index contributed by atoms with van der Waals surface area (Å²) in [6, 6.07) is 3.43. The van der Waals surface area contributed by atoms with Crippen LogP contribution in [0.25, 0.3) is 0 Å². The molecule has 150 valence electrons. The van der Waals surface area contributed by atoms with Crippen molar-refractivity contribution >= 4 is 13.6 Å². The van der Waals surface area contributed by atoms with Gasteiger partial charge in [-0.1, -0.05) is 13.3 Å². The van der Waals surface area contributed by atoms with Gasteiger partial charge in [0, 0.05) is 6.20 Å². The molecule has 3 atom stereocenters. The summed E-state index contributed by atoms with van der Waals surface area (Å²) in [5, 5.41) is 8.59. The molecule has 1 unspecified atom stereocenters. The maximum atomic E-state index is 12.7. The minimum Gasteiger partial charge on any atom is -0.383 e. The van der Waals surface area contributed by atoms with Crippen molar-refractivity contribution in [1.29, 1.82) is 5.26 Å². The van der Waals surface area contributed by atoms with E-state index in [4.69, 9.17) is 29.3 Å². The van der Waals surface area contributed by atoms with E-state index >= 15 is 0 Å². The number of nitrogen functional groups attached to an aromatic ring is 1. The number of nitrogens with two attached hydrogens (primary N) is 1. The Hall–Kier alpha value is -1.76. The molecule has 1 saturated heterocycles. The maximum absolute atomic E-state index is 12.7. The molecule has 0 bridgehead atoms. The van der Waals surface area contributed by atoms with Crippen LogP contribution in [0, 0.1) is 11.3 Å². The van der Waals surface area contributed by atoms with E-state index in [0.29, 0.717) is 19.3 Å². The lowest BCUT2D eigenvalue weighted by molar-refractivity contribution is -0.0278. The molecule has 10 nitrogen and oxygen atoms in total. The molecule has 1 fully saturated rings. The van der Waals surface area contributed by atoms with E-state index in [9.17, 15) is 9.36 Å². The SMILES string of the molecule is CCCCOP(=O)(OCCC#N)OC[C@@H]1CC[C@H](n2ccc(N)nc2=O)O1. The van der Waals surface area contributed by atoms with Crippen LogP contribution < -0.4 is 11.4 Å². The van der Waals surface area contributed by atoms with Gasteiger partial charge in [-0.3, -0.25) is 18.1 Å². The summed E-state index contributed by atoms with van der Waals surface area (Å²) in [5.74, 6) is 0.147. The fraction of sp³-hybridized carbons (Fsp3) is 0.688. The van der Waals surface area contributed by atoms with E-state index < -0.39 is 19.7 Å². The fourth-order valence-corrected chi connectivity index (χ4v) is 3.71. The first-order chi connectivity index (χ1) is 13.0. The zero-order valence-corrected chi connectivity index (χ0v) is 16.2. The van der Waals surface area contributed by atoms with Crippen LogP contribution in [0.5, 0.6) is 0 Å². The van der Waals surface area contributed by atoms with Crippen LogP contribution in [-0.2, 0) is 22.9 Å². The number of rotatable bonds is 11. The average molecular weight is 400 g/mol. The minimum atomic E-state index is -3.77. The summed E-state index contributed by atoms with van der Waals surface area (Å²) >= 11 is 0. The van der Waals surface area contributed by atoms with Gasteiger partial charge in [0.25, 0.3) is 0 Å². The van der Waals surface area contributed by atoms with E-state index in [1.165, 1.54) is 16.8 Å². The fourth-order valence-electron chi connectivity index (χ4n) is 2.47. The topological polar surface area (TPSA) is 139 Å². The van der Waals surface area contributed by atoms with Crippen LogP contribution >= 0.6 is 7.82 Å². The van der Waals surface area contributed by atoms with Crippen molar-refractivity contribution in [3.05, 3.63) is 22.7 Å². The molecule has 0 amide bonds. The summed E-state index contributed by atoms with van der Waals surface area (Å²) in [5.41, 5.74) is 4.99. The highest BCUT2D eigenvalue weighted by molar-refractivity contribution is 7.48. The number of nitriles is 1. The Morgan fingerprint density at radius 1 is 1.41 bits per heavy atom. The van der Waals surface area contributed by atoms with Gasteiger partial charge >= 0.3 is 13.5 Å². The highest BCUT2D eigenvalue weighted by Crippen LogP contribution is 2.50.